The summed E-state index contributed by atoms with van der Waals surface area (Å²) in [6, 6.07) is 19.3. The Hall–Kier alpha value is -3.93. The van der Waals surface area contributed by atoms with Crippen molar-refractivity contribution in [3.8, 4) is 5.75 Å². The fraction of sp³-hybridized carbons (Fsp3) is 0.192. The Morgan fingerprint density at radius 3 is 2.06 bits per heavy atom. The van der Waals surface area contributed by atoms with Crippen LogP contribution in [0.2, 0.25) is 0 Å². The summed E-state index contributed by atoms with van der Waals surface area (Å²) in [7, 11) is 1.58. The van der Waals surface area contributed by atoms with Gasteiger partial charge in [0.05, 0.1) is 7.11 Å². The zero-order chi connectivity index (χ0) is 23.1. The summed E-state index contributed by atoms with van der Waals surface area (Å²) in [6.07, 6.45) is 0.227. The van der Waals surface area contributed by atoms with Gasteiger partial charge in [0.1, 0.15) is 5.75 Å². The first-order chi connectivity index (χ1) is 15.4. The number of hydrogen-bond donors (Lipinski definition) is 2. The van der Waals surface area contributed by atoms with Crippen LogP contribution in [0.3, 0.4) is 0 Å². The Morgan fingerprint density at radius 2 is 1.41 bits per heavy atom. The van der Waals surface area contributed by atoms with Crippen molar-refractivity contribution in [2.24, 2.45) is 0 Å². The number of carbonyl (C=O) groups excluding carboxylic acids is 3. The molecule has 0 aliphatic carbocycles. The first kappa shape index (κ1) is 22.7. The van der Waals surface area contributed by atoms with E-state index in [1.54, 1.807) is 55.6 Å². The van der Waals surface area contributed by atoms with E-state index in [4.69, 9.17) is 4.74 Å². The van der Waals surface area contributed by atoms with Gasteiger partial charge in [0.15, 0.2) is 5.78 Å². The summed E-state index contributed by atoms with van der Waals surface area (Å²) in [5.74, 6) is 0.150. The molecule has 32 heavy (non-hydrogen) atoms. The lowest BCUT2D eigenvalue weighted by atomic mass is 9.99. The molecule has 3 aromatic carbocycles. The number of carbonyl (C=O) groups is 3. The number of anilines is 2. The van der Waals surface area contributed by atoms with Crippen molar-refractivity contribution >= 4 is 29.0 Å². The lowest BCUT2D eigenvalue weighted by molar-refractivity contribution is -0.116. The molecule has 0 saturated carbocycles. The SMILES string of the molecule is COc1ccc(NC(=O)c2ccc(NC(=O)CCC(=O)c3cc(C)ccc3C)cc2)cc1. The highest BCUT2D eigenvalue weighted by Crippen LogP contribution is 2.18. The highest BCUT2D eigenvalue weighted by atomic mass is 16.5. The second-order valence-corrected chi connectivity index (χ2v) is 7.55. The van der Waals surface area contributed by atoms with E-state index in [2.05, 4.69) is 10.6 Å². The fourth-order valence-electron chi connectivity index (χ4n) is 3.20. The molecule has 0 saturated heterocycles. The summed E-state index contributed by atoms with van der Waals surface area (Å²) in [5.41, 5.74) is 4.26. The molecule has 6 nitrogen and oxygen atoms in total. The molecule has 6 heteroatoms. The Labute approximate surface area is 187 Å². The van der Waals surface area contributed by atoms with Crippen LogP contribution >= 0.6 is 0 Å². The average molecular weight is 431 g/mol. The van der Waals surface area contributed by atoms with Gasteiger partial charge in [0.25, 0.3) is 5.91 Å². The summed E-state index contributed by atoms with van der Waals surface area (Å²) in [5, 5.41) is 5.57. The Bertz CT molecular complexity index is 1120. The van der Waals surface area contributed by atoms with E-state index in [-0.39, 0.29) is 30.4 Å². The number of Topliss-reactive ketones (excluding diaryl/α,β-unsaturated/α-hetero) is 1. The molecule has 0 bridgehead atoms. The van der Waals surface area contributed by atoms with Gasteiger partial charge in [-0.2, -0.15) is 0 Å². The van der Waals surface area contributed by atoms with Gasteiger partial charge in [-0.15, -0.1) is 0 Å². The predicted molar refractivity (Wildman–Crippen MR) is 125 cm³/mol. The van der Waals surface area contributed by atoms with Gasteiger partial charge in [0.2, 0.25) is 5.91 Å². The smallest absolute Gasteiger partial charge is 0.255 e. The molecule has 3 aromatic rings. The minimum Gasteiger partial charge on any atom is -0.497 e. The van der Waals surface area contributed by atoms with Gasteiger partial charge in [-0.05, 0) is 74.0 Å². The number of aryl methyl sites for hydroxylation is 2. The molecule has 0 radical (unpaired) electrons. The summed E-state index contributed by atoms with van der Waals surface area (Å²) < 4.78 is 5.10. The van der Waals surface area contributed by atoms with Crippen LogP contribution in [0, 0.1) is 13.8 Å². The van der Waals surface area contributed by atoms with E-state index >= 15 is 0 Å². The van der Waals surface area contributed by atoms with E-state index in [1.165, 1.54) is 0 Å². The molecule has 0 unspecified atom stereocenters. The monoisotopic (exact) mass is 430 g/mol. The summed E-state index contributed by atoms with van der Waals surface area (Å²) >= 11 is 0. The van der Waals surface area contributed by atoms with Crippen LogP contribution in [-0.4, -0.2) is 24.7 Å². The first-order valence-corrected chi connectivity index (χ1v) is 10.3. The lowest BCUT2D eigenvalue weighted by Gasteiger charge is -2.09. The maximum Gasteiger partial charge on any atom is 0.255 e. The minimum atomic E-state index is -0.257. The zero-order valence-electron chi connectivity index (χ0n) is 18.4. The van der Waals surface area contributed by atoms with E-state index in [0.29, 0.717) is 28.3 Å². The quantitative estimate of drug-likeness (QED) is 0.483. The van der Waals surface area contributed by atoms with Gasteiger partial charge in [-0.3, -0.25) is 14.4 Å². The van der Waals surface area contributed by atoms with Crippen molar-refractivity contribution in [2.75, 3.05) is 17.7 Å². The molecule has 3 rings (SSSR count). The Morgan fingerprint density at radius 1 is 0.781 bits per heavy atom. The highest BCUT2D eigenvalue weighted by Gasteiger charge is 2.13. The standard InChI is InChI=1S/C26H26N2O4/c1-17-4-5-18(2)23(16-17)24(29)14-15-25(30)27-20-8-6-19(7-9-20)26(31)28-21-10-12-22(32-3)13-11-21/h4-13,16H,14-15H2,1-3H3,(H,27,30)(H,28,31). The molecular formula is C26H26N2O4. The molecule has 164 valence electrons. The van der Waals surface area contributed by atoms with Gasteiger partial charge in [-0.25, -0.2) is 0 Å². The topological polar surface area (TPSA) is 84.5 Å². The second kappa shape index (κ2) is 10.4. The van der Waals surface area contributed by atoms with E-state index in [9.17, 15) is 14.4 Å². The van der Waals surface area contributed by atoms with Crippen molar-refractivity contribution in [3.63, 3.8) is 0 Å². The van der Waals surface area contributed by atoms with Gasteiger partial charge in [0, 0.05) is 35.3 Å². The van der Waals surface area contributed by atoms with Crippen molar-refractivity contribution in [3.05, 3.63) is 89.0 Å². The summed E-state index contributed by atoms with van der Waals surface area (Å²) in [4.78, 5) is 37.1. The normalized spacial score (nSPS) is 10.3. The van der Waals surface area contributed by atoms with Crippen LogP contribution in [0.1, 0.15) is 44.7 Å². The number of benzene rings is 3. The maximum absolute atomic E-state index is 12.4. The van der Waals surface area contributed by atoms with E-state index in [1.807, 2.05) is 32.0 Å². The number of rotatable bonds is 8. The van der Waals surface area contributed by atoms with Crippen molar-refractivity contribution in [2.45, 2.75) is 26.7 Å². The number of amides is 2. The number of methoxy groups -OCH3 is 1. The van der Waals surface area contributed by atoms with E-state index < -0.39 is 0 Å². The van der Waals surface area contributed by atoms with Crippen molar-refractivity contribution in [1.82, 2.24) is 0 Å². The van der Waals surface area contributed by atoms with Gasteiger partial charge >= 0.3 is 0 Å². The molecule has 2 amide bonds. The van der Waals surface area contributed by atoms with Gasteiger partial charge < -0.3 is 15.4 Å². The largest absolute Gasteiger partial charge is 0.497 e. The molecule has 0 fully saturated rings. The van der Waals surface area contributed by atoms with Crippen molar-refractivity contribution < 1.29 is 19.1 Å². The van der Waals surface area contributed by atoms with Gasteiger partial charge in [-0.1, -0.05) is 17.7 Å². The Kier molecular flexibility index (Phi) is 7.39. The van der Waals surface area contributed by atoms with Crippen molar-refractivity contribution in [1.29, 1.82) is 0 Å². The van der Waals surface area contributed by atoms with Crippen LogP contribution < -0.4 is 15.4 Å². The molecule has 0 heterocycles. The Balaban J connectivity index is 1.52. The van der Waals surface area contributed by atoms with Crippen LogP contribution in [0.25, 0.3) is 0 Å². The van der Waals surface area contributed by atoms with Crippen LogP contribution in [0.4, 0.5) is 11.4 Å². The van der Waals surface area contributed by atoms with Crippen LogP contribution in [0.15, 0.2) is 66.7 Å². The lowest BCUT2D eigenvalue weighted by Crippen LogP contribution is -2.15. The molecule has 0 aliphatic heterocycles. The van der Waals surface area contributed by atoms with Crippen LogP contribution in [-0.2, 0) is 4.79 Å². The second-order valence-electron chi connectivity index (χ2n) is 7.55. The first-order valence-electron chi connectivity index (χ1n) is 10.3. The molecule has 0 atom stereocenters. The zero-order valence-corrected chi connectivity index (χ0v) is 18.4. The number of ether oxygens (including phenoxy) is 1. The molecule has 0 aromatic heterocycles. The molecule has 2 N–H and O–H groups in total. The number of hydrogen-bond acceptors (Lipinski definition) is 4. The van der Waals surface area contributed by atoms with E-state index in [0.717, 1.165) is 11.1 Å². The third-order valence-corrected chi connectivity index (χ3v) is 5.05. The highest BCUT2D eigenvalue weighted by molar-refractivity contribution is 6.05. The molecular weight excluding hydrogens is 404 g/mol. The number of ketones is 1. The number of nitrogens with one attached hydrogen (secondary N) is 2. The molecule has 0 aliphatic rings. The third-order valence-electron chi connectivity index (χ3n) is 5.05. The molecule has 0 spiro atoms. The predicted octanol–water partition coefficient (Wildman–Crippen LogP) is 5.17. The average Bonchev–Trinajstić information content (AvgIpc) is 2.80. The maximum atomic E-state index is 12.4. The van der Waals surface area contributed by atoms with Crippen LogP contribution in [0.5, 0.6) is 5.75 Å². The fourth-order valence-corrected chi connectivity index (χ4v) is 3.20. The third kappa shape index (κ3) is 6.04. The minimum absolute atomic E-state index is 0.0492. The summed E-state index contributed by atoms with van der Waals surface area (Å²) in [6.45, 7) is 3.82.